The summed E-state index contributed by atoms with van der Waals surface area (Å²) in [4.78, 5) is 0. The van der Waals surface area contributed by atoms with Gasteiger partial charge in [-0.2, -0.15) is 0 Å². The van der Waals surface area contributed by atoms with Gasteiger partial charge in [-0.15, -0.1) is 0 Å². The average molecular weight is 471 g/mol. The van der Waals surface area contributed by atoms with Gasteiger partial charge in [0.25, 0.3) is 0 Å². The van der Waals surface area contributed by atoms with Crippen LogP contribution in [0.25, 0.3) is 0 Å². The molecule has 0 aliphatic heterocycles. The second kappa shape index (κ2) is 9.37. The molecule has 0 aromatic heterocycles. The molecule has 3 aromatic rings. The van der Waals surface area contributed by atoms with E-state index in [4.69, 9.17) is 0 Å². The third kappa shape index (κ3) is 4.25. The van der Waals surface area contributed by atoms with Gasteiger partial charge in [-0.05, 0) is 0 Å². The minimum atomic E-state index is -3.23. The van der Waals surface area contributed by atoms with Crippen molar-refractivity contribution >= 4 is 36.7 Å². The van der Waals surface area contributed by atoms with Crippen LogP contribution in [0.3, 0.4) is 0 Å². The van der Waals surface area contributed by atoms with Gasteiger partial charge in [0.05, 0.1) is 0 Å². The molecule has 0 radical (unpaired) electrons. The first-order valence-corrected chi connectivity index (χ1v) is 14.7. The fourth-order valence-electron chi connectivity index (χ4n) is 3.91. The number of hydrogen-bond acceptors (Lipinski definition) is 0. The van der Waals surface area contributed by atoms with Crippen LogP contribution in [0.4, 0.5) is 4.39 Å². The number of hydrogen-bond donors (Lipinski definition) is 0. The molecule has 0 aliphatic rings. The molecule has 0 atom stereocenters. The molecule has 0 unspecified atom stereocenters. The molecular formula is C26H29BrFP. The molecule has 0 fully saturated rings. The zero-order valence-electron chi connectivity index (χ0n) is 17.2. The molecule has 0 spiro atoms. The molecule has 152 valence electrons. The minimum absolute atomic E-state index is 0.00421. The summed E-state index contributed by atoms with van der Waals surface area (Å²) in [6.07, 6.45) is 3.23. The molecule has 0 N–H and O–H groups in total. The summed E-state index contributed by atoms with van der Waals surface area (Å²) in [5, 5.41) is 0.217. The Labute approximate surface area is 182 Å². The summed E-state index contributed by atoms with van der Waals surface area (Å²) in [7, 11) is 0. The Balaban J connectivity index is 2.33. The number of halogens is 2. The van der Waals surface area contributed by atoms with Gasteiger partial charge in [-0.25, -0.2) is 0 Å². The molecule has 0 saturated heterocycles. The van der Waals surface area contributed by atoms with E-state index in [1.165, 1.54) is 0 Å². The summed E-state index contributed by atoms with van der Waals surface area (Å²) >= 11 is 4.31. The van der Waals surface area contributed by atoms with Crippen LogP contribution >= 0.6 is 20.8 Å². The van der Waals surface area contributed by atoms with Gasteiger partial charge in [0, 0.05) is 0 Å². The predicted octanol–water partition coefficient (Wildman–Crippen LogP) is 7.26. The van der Waals surface area contributed by atoms with Gasteiger partial charge in [0.2, 0.25) is 0 Å². The number of benzene rings is 3. The summed E-state index contributed by atoms with van der Waals surface area (Å²) in [5.74, 6) is 0.00421. The Morgan fingerprint density at radius 3 is 1.48 bits per heavy atom. The quantitative estimate of drug-likeness (QED) is 0.304. The van der Waals surface area contributed by atoms with Crippen molar-refractivity contribution in [2.45, 2.75) is 33.1 Å². The van der Waals surface area contributed by atoms with Gasteiger partial charge < -0.3 is 0 Å². The molecular weight excluding hydrogens is 442 g/mol. The Morgan fingerprint density at radius 2 is 1.14 bits per heavy atom. The van der Waals surface area contributed by atoms with Crippen LogP contribution < -0.4 is 15.9 Å². The van der Waals surface area contributed by atoms with Crippen molar-refractivity contribution in [3.8, 4) is 0 Å². The SMILES string of the molecule is CCCCC(C)=C(F)CP(Br)(c1ccccc1)(c1ccccc1)c1ccccc1. The molecule has 29 heavy (non-hydrogen) atoms. The van der Waals surface area contributed by atoms with E-state index in [9.17, 15) is 0 Å². The summed E-state index contributed by atoms with van der Waals surface area (Å²) in [5.41, 5.74) is 0.864. The van der Waals surface area contributed by atoms with Crippen LogP contribution in [0.1, 0.15) is 33.1 Å². The van der Waals surface area contributed by atoms with E-state index >= 15 is 4.39 Å². The normalized spacial score (nSPS) is 14.0. The van der Waals surface area contributed by atoms with Crippen LogP contribution in [0.2, 0.25) is 0 Å². The van der Waals surface area contributed by atoms with Crippen molar-refractivity contribution in [3.05, 3.63) is 102 Å². The molecule has 3 aromatic carbocycles. The molecule has 0 aliphatic carbocycles. The predicted molar refractivity (Wildman–Crippen MR) is 132 cm³/mol. The van der Waals surface area contributed by atoms with E-state index in [0.717, 1.165) is 40.7 Å². The fourth-order valence-corrected chi connectivity index (χ4v) is 11.3. The third-order valence-electron chi connectivity index (χ3n) is 5.69. The van der Waals surface area contributed by atoms with E-state index in [1.807, 2.05) is 25.1 Å². The Morgan fingerprint density at radius 1 is 0.759 bits per heavy atom. The van der Waals surface area contributed by atoms with E-state index in [0.29, 0.717) is 6.16 Å². The van der Waals surface area contributed by atoms with Crippen molar-refractivity contribution in [1.29, 1.82) is 0 Å². The summed E-state index contributed by atoms with van der Waals surface area (Å²) < 4.78 is 15.8. The van der Waals surface area contributed by atoms with Crippen LogP contribution in [0.15, 0.2) is 102 Å². The second-order valence-corrected chi connectivity index (χ2v) is 16.6. The molecule has 0 amide bonds. The summed E-state index contributed by atoms with van der Waals surface area (Å²) in [6, 6.07) is 31.2. The van der Waals surface area contributed by atoms with Crippen LogP contribution in [-0.2, 0) is 0 Å². The number of allylic oxidation sites excluding steroid dienone is 2. The zero-order chi connectivity index (χ0) is 20.8. The van der Waals surface area contributed by atoms with Gasteiger partial charge >= 0.3 is 183 Å². The molecule has 3 rings (SSSR count). The van der Waals surface area contributed by atoms with Crippen LogP contribution in [0.5, 0.6) is 0 Å². The van der Waals surface area contributed by atoms with Gasteiger partial charge in [0.1, 0.15) is 0 Å². The van der Waals surface area contributed by atoms with Crippen LogP contribution in [0, 0.1) is 0 Å². The standard InChI is InChI=1S/C26H29BrFP/c1-3-4-14-22(2)26(28)21-29(27,23-15-8-5-9-16-23,24-17-10-6-11-18-24)25-19-12-7-13-20-25/h5-13,15-20H,3-4,14,21H2,1-2H3. The Hall–Kier alpha value is -1.76. The van der Waals surface area contributed by atoms with Crippen molar-refractivity contribution < 1.29 is 4.39 Å². The van der Waals surface area contributed by atoms with Crippen molar-refractivity contribution in [2.75, 3.05) is 6.16 Å². The monoisotopic (exact) mass is 470 g/mol. The first kappa shape index (κ1) is 21.9. The molecule has 0 heterocycles. The van der Waals surface area contributed by atoms with Crippen LogP contribution in [-0.4, -0.2) is 6.16 Å². The maximum atomic E-state index is 15.8. The van der Waals surface area contributed by atoms with E-state index in [-0.39, 0.29) is 5.83 Å². The van der Waals surface area contributed by atoms with E-state index in [1.54, 1.807) is 0 Å². The zero-order valence-corrected chi connectivity index (χ0v) is 19.7. The van der Waals surface area contributed by atoms with Gasteiger partial charge in [0.15, 0.2) is 0 Å². The molecule has 3 heteroatoms. The van der Waals surface area contributed by atoms with Gasteiger partial charge in [-0.3, -0.25) is 0 Å². The van der Waals surface area contributed by atoms with Crippen molar-refractivity contribution in [3.63, 3.8) is 0 Å². The first-order valence-electron chi connectivity index (χ1n) is 10.2. The first-order chi connectivity index (χ1) is 14.0. The summed E-state index contributed by atoms with van der Waals surface area (Å²) in [6.45, 7) is 4.09. The number of unbranched alkanes of at least 4 members (excludes halogenated alkanes) is 1. The van der Waals surface area contributed by atoms with E-state index in [2.05, 4.69) is 95.2 Å². The molecule has 0 saturated carbocycles. The second-order valence-electron chi connectivity index (χ2n) is 7.64. The molecule has 0 nitrogen and oxygen atoms in total. The van der Waals surface area contributed by atoms with Crippen molar-refractivity contribution in [1.82, 2.24) is 0 Å². The fraction of sp³-hybridized carbons (Fsp3) is 0.231. The van der Waals surface area contributed by atoms with Gasteiger partial charge in [-0.1, -0.05) is 0 Å². The van der Waals surface area contributed by atoms with E-state index < -0.39 is 5.31 Å². The topological polar surface area (TPSA) is 0 Å². The average Bonchev–Trinajstić information content (AvgIpc) is 2.79. The number of rotatable bonds is 8. The maximum absolute atomic E-state index is 15.8. The Kier molecular flexibility index (Phi) is 7.09. The Bertz CT molecular complexity index is 852. The molecule has 0 bridgehead atoms. The van der Waals surface area contributed by atoms with Crippen molar-refractivity contribution in [2.24, 2.45) is 0 Å². The third-order valence-corrected chi connectivity index (χ3v) is 15.1.